The number of aliphatic hydroxyl groups excluding tert-OH is 1. The van der Waals surface area contributed by atoms with Crippen molar-refractivity contribution in [3.8, 4) is 23.0 Å². The molecule has 0 aliphatic heterocycles. The maximum Gasteiger partial charge on any atom is 0.335 e. The average Bonchev–Trinajstić information content (AvgIpc) is 2.92. The van der Waals surface area contributed by atoms with Gasteiger partial charge in [0.05, 0.1) is 11.7 Å². The van der Waals surface area contributed by atoms with Gasteiger partial charge in [0.25, 0.3) is 0 Å². The fraction of sp³-hybridized carbons (Fsp3) is 0.194. The number of benzene rings is 4. The number of carboxylic acids is 1. The second kappa shape index (κ2) is 11.7. The lowest BCUT2D eigenvalue weighted by molar-refractivity contribution is 0.0697. The molecular formula is C31H28ClNO5. The van der Waals surface area contributed by atoms with E-state index in [4.69, 9.17) is 26.2 Å². The highest BCUT2D eigenvalue weighted by atomic mass is 35.5. The van der Waals surface area contributed by atoms with Crippen molar-refractivity contribution < 1.29 is 24.5 Å². The first-order chi connectivity index (χ1) is 18.4. The van der Waals surface area contributed by atoms with Crippen LogP contribution in [0, 0.1) is 0 Å². The first kappa shape index (κ1) is 25.8. The number of aromatic carboxylic acids is 1. The number of carboxylic acid groups (broad SMARTS) is 1. The van der Waals surface area contributed by atoms with Crippen LogP contribution in [0.5, 0.6) is 23.0 Å². The summed E-state index contributed by atoms with van der Waals surface area (Å²) in [6.07, 6.45) is 2.20. The first-order valence-electron chi connectivity index (χ1n) is 12.5. The maximum absolute atomic E-state index is 11.0. The highest BCUT2D eigenvalue weighted by Gasteiger charge is 2.20. The zero-order valence-electron chi connectivity index (χ0n) is 20.6. The molecule has 0 amide bonds. The number of halogens is 1. The molecule has 0 fully saturated rings. The van der Waals surface area contributed by atoms with Gasteiger partial charge >= 0.3 is 5.97 Å². The van der Waals surface area contributed by atoms with Crippen LogP contribution in [-0.2, 0) is 12.8 Å². The van der Waals surface area contributed by atoms with Crippen LogP contribution >= 0.6 is 11.6 Å². The standard InChI is InChI=1S/C31H28ClNO5/c32-24-4-1-3-22(15-24)30(34)19-33-25-11-7-20-8-14-29(17-23(20)16-25)38-28-6-2-5-27(18-28)37-26-12-9-21(10-13-26)31(35)36/h1-6,8-10,12-15,17-18,25,30,33-34H,7,11,16,19H2,(H,35,36)/t25-,30-/m0/s1. The number of nitrogens with one attached hydrogen (secondary N) is 1. The third kappa shape index (κ3) is 6.53. The fourth-order valence-electron chi connectivity index (χ4n) is 4.62. The molecule has 0 bridgehead atoms. The van der Waals surface area contributed by atoms with Crippen LogP contribution in [0.4, 0.5) is 0 Å². The molecule has 38 heavy (non-hydrogen) atoms. The Hall–Kier alpha value is -3.84. The molecule has 0 saturated heterocycles. The molecule has 0 unspecified atom stereocenters. The van der Waals surface area contributed by atoms with Crippen LogP contribution in [0.2, 0.25) is 5.02 Å². The van der Waals surface area contributed by atoms with E-state index in [0.29, 0.717) is 28.8 Å². The molecular weight excluding hydrogens is 502 g/mol. The summed E-state index contributed by atoms with van der Waals surface area (Å²) >= 11 is 6.06. The van der Waals surface area contributed by atoms with E-state index in [1.54, 1.807) is 30.3 Å². The van der Waals surface area contributed by atoms with Gasteiger partial charge in [-0.15, -0.1) is 0 Å². The second-order valence-corrected chi connectivity index (χ2v) is 9.79. The molecule has 1 aliphatic rings. The van der Waals surface area contributed by atoms with Gasteiger partial charge < -0.3 is 25.0 Å². The number of ether oxygens (including phenoxy) is 2. The zero-order valence-corrected chi connectivity index (χ0v) is 21.4. The molecule has 4 aromatic rings. The van der Waals surface area contributed by atoms with E-state index >= 15 is 0 Å². The monoisotopic (exact) mass is 529 g/mol. The quantitative estimate of drug-likeness (QED) is 0.221. The van der Waals surface area contributed by atoms with Crippen LogP contribution in [0.1, 0.15) is 39.6 Å². The number of aryl methyl sites for hydroxylation is 1. The predicted molar refractivity (Wildman–Crippen MR) is 147 cm³/mol. The molecule has 194 valence electrons. The summed E-state index contributed by atoms with van der Waals surface area (Å²) in [4.78, 5) is 11.0. The maximum atomic E-state index is 11.0. The lowest BCUT2D eigenvalue weighted by Crippen LogP contribution is -2.37. The van der Waals surface area contributed by atoms with Crippen LogP contribution in [0.3, 0.4) is 0 Å². The summed E-state index contributed by atoms with van der Waals surface area (Å²) in [6, 6.07) is 27.3. The molecule has 0 heterocycles. The summed E-state index contributed by atoms with van der Waals surface area (Å²) in [5, 5.41) is 23.7. The second-order valence-electron chi connectivity index (χ2n) is 9.36. The SMILES string of the molecule is O=C(O)c1ccc(Oc2cccc(Oc3ccc4c(c3)C[C@@H](NC[C@H](O)c3cccc(Cl)c3)CC4)c2)cc1. The summed E-state index contributed by atoms with van der Waals surface area (Å²) in [7, 11) is 0. The van der Waals surface area contributed by atoms with Crippen molar-refractivity contribution in [2.24, 2.45) is 0 Å². The molecule has 0 aromatic heterocycles. The largest absolute Gasteiger partial charge is 0.478 e. The Morgan fingerprint density at radius 1 is 0.868 bits per heavy atom. The van der Waals surface area contributed by atoms with Gasteiger partial charge in [-0.2, -0.15) is 0 Å². The minimum absolute atomic E-state index is 0.205. The van der Waals surface area contributed by atoms with E-state index in [9.17, 15) is 9.90 Å². The number of rotatable bonds is 9. The minimum atomic E-state index is -0.978. The lowest BCUT2D eigenvalue weighted by Gasteiger charge is -2.27. The topological polar surface area (TPSA) is 88.0 Å². The van der Waals surface area contributed by atoms with Gasteiger partial charge in [-0.1, -0.05) is 35.9 Å². The molecule has 1 aliphatic carbocycles. The van der Waals surface area contributed by atoms with Crippen molar-refractivity contribution in [1.29, 1.82) is 0 Å². The molecule has 2 atom stereocenters. The highest BCUT2D eigenvalue weighted by Crippen LogP contribution is 2.31. The van der Waals surface area contributed by atoms with E-state index < -0.39 is 12.1 Å². The third-order valence-corrected chi connectivity index (χ3v) is 6.85. The van der Waals surface area contributed by atoms with Crippen LogP contribution < -0.4 is 14.8 Å². The van der Waals surface area contributed by atoms with Crippen molar-refractivity contribution in [3.05, 3.63) is 118 Å². The van der Waals surface area contributed by atoms with Gasteiger partial charge in [-0.05, 0) is 96.6 Å². The van der Waals surface area contributed by atoms with Crippen molar-refractivity contribution in [1.82, 2.24) is 5.32 Å². The fourth-order valence-corrected chi connectivity index (χ4v) is 4.82. The van der Waals surface area contributed by atoms with Crippen molar-refractivity contribution in [2.45, 2.75) is 31.4 Å². The van der Waals surface area contributed by atoms with Crippen LogP contribution in [0.25, 0.3) is 0 Å². The van der Waals surface area contributed by atoms with Gasteiger partial charge in [0, 0.05) is 23.7 Å². The van der Waals surface area contributed by atoms with Crippen molar-refractivity contribution in [3.63, 3.8) is 0 Å². The smallest absolute Gasteiger partial charge is 0.335 e. The summed E-state index contributed by atoms with van der Waals surface area (Å²) in [6.45, 7) is 0.461. The first-order valence-corrected chi connectivity index (χ1v) is 12.9. The number of fused-ring (bicyclic) bond motifs is 1. The molecule has 0 spiro atoms. The number of carbonyl (C=O) groups is 1. The molecule has 0 saturated carbocycles. The molecule has 5 rings (SSSR count). The van der Waals surface area contributed by atoms with Crippen LogP contribution in [-0.4, -0.2) is 28.8 Å². The normalized spacial score (nSPS) is 15.4. The summed E-state index contributed by atoms with van der Waals surface area (Å²) < 4.78 is 12.0. The summed E-state index contributed by atoms with van der Waals surface area (Å²) in [5.74, 6) is 1.53. The molecule has 3 N–H and O–H groups in total. The van der Waals surface area contributed by atoms with Crippen molar-refractivity contribution in [2.75, 3.05) is 6.54 Å². The lowest BCUT2D eigenvalue weighted by atomic mass is 9.88. The molecule has 4 aromatic carbocycles. The number of hydrogen-bond acceptors (Lipinski definition) is 5. The van der Waals surface area contributed by atoms with Crippen LogP contribution in [0.15, 0.2) is 91.0 Å². The van der Waals surface area contributed by atoms with Gasteiger partial charge in [0.15, 0.2) is 0 Å². The Bertz CT molecular complexity index is 1420. The predicted octanol–water partition coefficient (Wildman–Crippen LogP) is 6.80. The Balaban J connectivity index is 1.20. The van der Waals surface area contributed by atoms with Gasteiger partial charge in [0.2, 0.25) is 0 Å². The minimum Gasteiger partial charge on any atom is -0.478 e. The third-order valence-electron chi connectivity index (χ3n) is 6.62. The van der Waals surface area contributed by atoms with E-state index in [-0.39, 0.29) is 11.6 Å². The Morgan fingerprint density at radius 3 is 2.29 bits per heavy atom. The van der Waals surface area contributed by atoms with Gasteiger partial charge in [-0.25, -0.2) is 4.79 Å². The Labute approximate surface area is 226 Å². The Morgan fingerprint density at radius 2 is 1.55 bits per heavy atom. The average molecular weight is 530 g/mol. The Kier molecular flexibility index (Phi) is 7.94. The highest BCUT2D eigenvalue weighted by molar-refractivity contribution is 6.30. The molecule has 7 heteroatoms. The van der Waals surface area contributed by atoms with Gasteiger partial charge in [0.1, 0.15) is 23.0 Å². The van der Waals surface area contributed by atoms with E-state index in [1.807, 2.05) is 36.4 Å². The molecule has 0 radical (unpaired) electrons. The van der Waals surface area contributed by atoms with E-state index in [0.717, 1.165) is 30.6 Å². The zero-order chi connectivity index (χ0) is 26.5. The van der Waals surface area contributed by atoms with E-state index in [1.165, 1.54) is 23.3 Å². The number of aliphatic hydroxyl groups is 1. The number of hydrogen-bond donors (Lipinski definition) is 3. The van der Waals surface area contributed by atoms with Crippen molar-refractivity contribution >= 4 is 17.6 Å². The summed E-state index contributed by atoms with van der Waals surface area (Å²) in [5.41, 5.74) is 3.55. The molecule has 6 nitrogen and oxygen atoms in total. The van der Waals surface area contributed by atoms with E-state index in [2.05, 4.69) is 17.4 Å². The van der Waals surface area contributed by atoms with Gasteiger partial charge in [-0.3, -0.25) is 0 Å².